The standard InChI is InChI=1S/C12H16N2O3/c1-9-3-5-10(6-4-9)7-13-12(17)14(2)8-11(15)16/h3-6H,7-8H2,1-2H3,(H,13,17)(H,15,16). The van der Waals surface area contributed by atoms with Crippen LogP contribution in [-0.2, 0) is 11.3 Å². The lowest BCUT2D eigenvalue weighted by molar-refractivity contribution is -0.137. The Bertz CT molecular complexity index is 401. The molecule has 5 heteroatoms. The smallest absolute Gasteiger partial charge is 0.323 e. The molecule has 0 aromatic heterocycles. The van der Waals surface area contributed by atoms with Crippen LogP contribution in [0.5, 0.6) is 0 Å². The Morgan fingerprint density at radius 2 is 1.88 bits per heavy atom. The van der Waals surface area contributed by atoms with Crippen molar-refractivity contribution in [3.8, 4) is 0 Å². The average molecular weight is 236 g/mol. The zero-order valence-electron chi connectivity index (χ0n) is 9.93. The summed E-state index contributed by atoms with van der Waals surface area (Å²) in [5, 5.41) is 11.2. The van der Waals surface area contributed by atoms with Gasteiger partial charge in [0.25, 0.3) is 0 Å². The van der Waals surface area contributed by atoms with Crippen LogP contribution in [0.25, 0.3) is 0 Å². The Labute approximate surface area is 100 Å². The summed E-state index contributed by atoms with van der Waals surface area (Å²) < 4.78 is 0. The predicted molar refractivity (Wildman–Crippen MR) is 63.7 cm³/mol. The van der Waals surface area contributed by atoms with E-state index in [-0.39, 0.29) is 6.54 Å². The molecule has 0 unspecified atom stereocenters. The van der Waals surface area contributed by atoms with E-state index in [1.807, 2.05) is 31.2 Å². The Kier molecular flexibility index (Phi) is 4.51. The van der Waals surface area contributed by atoms with Gasteiger partial charge in [-0.15, -0.1) is 0 Å². The van der Waals surface area contributed by atoms with Gasteiger partial charge in [0, 0.05) is 13.6 Å². The number of likely N-dealkylation sites (N-methyl/N-ethyl adjacent to an activating group) is 1. The number of nitrogens with zero attached hydrogens (tertiary/aromatic N) is 1. The number of nitrogens with one attached hydrogen (secondary N) is 1. The van der Waals surface area contributed by atoms with Crippen LogP contribution < -0.4 is 5.32 Å². The van der Waals surface area contributed by atoms with Gasteiger partial charge in [-0.1, -0.05) is 29.8 Å². The van der Waals surface area contributed by atoms with Crippen LogP contribution in [0.15, 0.2) is 24.3 Å². The minimum atomic E-state index is -1.03. The molecule has 0 saturated heterocycles. The number of hydrogen-bond donors (Lipinski definition) is 2. The van der Waals surface area contributed by atoms with E-state index in [4.69, 9.17) is 5.11 Å². The number of carboxylic acid groups (broad SMARTS) is 1. The second-order valence-corrected chi connectivity index (χ2v) is 3.89. The minimum absolute atomic E-state index is 0.306. The van der Waals surface area contributed by atoms with E-state index in [2.05, 4.69) is 5.32 Å². The van der Waals surface area contributed by atoms with Gasteiger partial charge in [0.05, 0.1) is 0 Å². The molecule has 17 heavy (non-hydrogen) atoms. The van der Waals surface area contributed by atoms with Crippen molar-refractivity contribution in [2.75, 3.05) is 13.6 Å². The topological polar surface area (TPSA) is 69.6 Å². The number of carbonyl (C=O) groups is 2. The molecule has 0 heterocycles. The zero-order valence-corrected chi connectivity index (χ0v) is 9.93. The molecule has 0 saturated carbocycles. The van der Waals surface area contributed by atoms with Crippen molar-refractivity contribution in [3.63, 3.8) is 0 Å². The van der Waals surface area contributed by atoms with E-state index in [0.717, 1.165) is 16.0 Å². The molecule has 0 spiro atoms. The summed E-state index contributed by atoms with van der Waals surface area (Å²) in [6.07, 6.45) is 0. The molecule has 5 nitrogen and oxygen atoms in total. The number of amides is 2. The Hall–Kier alpha value is -2.04. The van der Waals surface area contributed by atoms with Crippen molar-refractivity contribution in [3.05, 3.63) is 35.4 Å². The number of urea groups is 1. The first kappa shape index (κ1) is 13.0. The van der Waals surface area contributed by atoms with E-state index in [9.17, 15) is 9.59 Å². The maximum Gasteiger partial charge on any atom is 0.323 e. The first-order chi connectivity index (χ1) is 7.99. The largest absolute Gasteiger partial charge is 0.480 e. The van der Waals surface area contributed by atoms with Crippen molar-refractivity contribution in [1.29, 1.82) is 0 Å². The van der Waals surface area contributed by atoms with Crippen LogP contribution in [0.1, 0.15) is 11.1 Å². The third kappa shape index (κ3) is 4.55. The molecule has 0 aliphatic heterocycles. The van der Waals surface area contributed by atoms with Gasteiger partial charge in [-0.25, -0.2) is 4.79 Å². The predicted octanol–water partition coefficient (Wildman–Crippen LogP) is 1.22. The summed E-state index contributed by atoms with van der Waals surface area (Å²) in [5.74, 6) is -1.03. The minimum Gasteiger partial charge on any atom is -0.480 e. The maximum atomic E-state index is 11.5. The molecule has 2 N–H and O–H groups in total. The Morgan fingerprint density at radius 1 is 1.29 bits per heavy atom. The SMILES string of the molecule is Cc1ccc(CNC(=O)N(C)CC(=O)O)cc1. The van der Waals surface area contributed by atoms with Crippen molar-refractivity contribution >= 4 is 12.0 Å². The van der Waals surface area contributed by atoms with Gasteiger partial charge in [-0.05, 0) is 12.5 Å². The molecule has 1 aromatic carbocycles. The number of carbonyl (C=O) groups excluding carboxylic acids is 1. The van der Waals surface area contributed by atoms with Gasteiger partial charge in [0.2, 0.25) is 0 Å². The van der Waals surface area contributed by atoms with E-state index < -0.39 is 12.0 Å². The van der Waals surface area contributed by atoms with Crippen molar-refractivity contribution < 1.29 is 14.7 Å². The van der Waals surface area contributed by atoms with Crippen LogP contribution in [0.4, 0.5) is 4.79 Å². The number of aryl methyl sites for hydroxylation is 1. The highest BCUT2D eigenvalue weighted by Gasteiger charge is 2.10. The lowest BCUT2D eigenvalue weighted by Crippen LogP contribution is -2.39. The molecule has 0 bridgehead atoms. The number of hydrogen-bond acceptors (Lipinski definition) is 2. The second kappa shape index (κ2) is 5.89. The van der Waals surface area contributed by atoms with Crippen molar-refractivity contribution in [2.45, 2.75) is 13.5 Å². The molecule has 0 aliphatic rings. The molecule has 1 aromatic rings. The fraction of sp³-hybridized carbons (Fsp3) is 0.333. The molecule has 1 rings (SSSR count). The molecular formula is C12H16N2O3. The summed E-state index contributed by atoms with van der Waals surface area (Å²) in [6.45, 7) is 2.08. The monoisotopic (exact) mass is 236 g/mol. The first-order valence-electron chi connectivity index (χ1n) is 5.25. The van der Waals surface area contributed by atoms with Crippen LogP contribution in [0.2, 0.25) is 0 Å². The average Bonchev–Trinajstić information content (AvgIpc) is 2.27. The first-order valence-corrected chi connectivity index (χ1v) is 5.25. The third-order valence-corrected chi connectivity index (χ3v) is 2.28. The quantitative estimate of drug-likeness (QED) is 0.825. The molecule has 0 atom stereocenters. The molecule has 0 aliphatic carbocycles. The lowest BCUT2D eigenvalue weighted by Gasteiger charge is -2.15. The van der Waals surface area contributed by atoms with E-state index >= 15 is 0 Å². The molecule has 0 fully saturated rings. The number of carboxylic acids is 1. The van der Waals surface area contributed by atoms with Gasteiger partial charge < -0.3 is 15.3 Å². The van der Waals surface area contributed by atoms with Gasteiger partial charge in [0.1, 0.15) is 6.54 Å². The van der Waals surface area contributed by atoms with Crippen molar-refractivity contribution in [2.24, 2.45) is 0 Å². The van der Waals surface area contributed by atoms with E-state index in [1.165, 1.54) is 7.05 Å². The molecular weight excluding hydrogens is 220 g/mol. The molecule has 2 amide bonds. The Morgan fingerprint density at radius 3 is 2.41 bits per heavy atom. The van der Waals surface area contributed by atoms with E-state index in [1.54, 1.807) is 0 Å². The zero-order chi connectivity index (χ0) is 12.8. The number of benzene rings is 1. The summed E-state index contributed by atoms with van der Waals surface area (Å²) in [4.78, 5) is 23.0. The summed E-state index contributed by atoms with van der Waals surface area (Å²) in [5.41, 5.74) is 2.13. The summed E-state index contributed by atoms with van der Waals surface area (Å²) >= 11 is 0. The van der Waals surface area contributed by atoms with Crippen LogP contribution in [0.3, 0.4) is 0 Å². The maximum absolute atomic E-state index is 11.5. The summed E-state index contributed by atoms with van der Waals surface area (Å²) in [6, 6.07) is 7.37. The lowest BCUT2D eigenvalue weighted by atomic mass is 10.1. The van der Waals surface area contributed by atoms with Gasteiger partial charge in [-0.3, -0.25) is 4.79 Å². The highest BCUT2D eigenvalue weighted by atomic mass is 16.4. The fourth-order valence-electron chi connectivity index (χ4n) is 1.29. The third-order valence-electron chi connectivity index (χ3n) is 2.28. The number of aliphatic carboxylic acids is 1. The highest BCUT2D eigenvalue weighted by molar-refractivity contribution is 5.79. The van der Waals surface area contributed by atoms with Gasteiger partial charge in [0.15, 0.2) is 0 Å². The summed E-state index contributed by atoms with van der Waals surface area (Å²) in [7, 11) is 1.44. The Balaban J connectivity index is 2.42. The van der Waals surface area contributed by atoms with Gasteiger partial charge in [-0.2, -0.15) is 0 Å². The molecule has 92 valence electrons. The second-order valence-electron chi connectivity index (χ2n) is 3.89. The van der Waals surface area contributed by atoms with E-state index in [0.29, 0.717) is 6.54 Å². The van der Waals surface area contributed by atoms with Crippen molar-refractivity contribution in [1.82, 2.24) is 10.2 Å². The van der Waals surface area contributed by atoms with Crippen LogP contribution in [0, 0.1) is 6.92 Å². The molecule has 0 radical (unpaired) electrons. The number of rotatable bonds is 4. The van der Waals surface area contributed by atoms with Crippen LogP contribution >= 0.6 is 0 Å². The van der Waals surface area contributed by atoms with Crippen LogP contribution in [-0.4, -0.2) is 35.6 Å². The highest BCUT2D eigenvalue weighted by Crippen LogP contribution is 2.02. The van der Waals surface area contributed by atoms with Gasteiger partial charge >= 0.3 is 12.0 Å². The normalized spacial score (nSPS) is 9.76. The fourth-order valence-corrected chi connectivity index (χ4v) is 1.29.